The highest BCUT2D eigenvalue weighted by Crippen LogP contribution is 2.27. The molecule has 0 heterocycles. The fraction of sp³-hybridized carbons (Fsp3) is 0.462. The maximum atomic E-state index is 10.9. The van der Waals surface area contributed by atoms with Gasteiger partial charge in [-0.2, -0.15) is 5.26 Å². The van der Waals surface area contributed by atoms with Crippen molar-refractivity contribution in [3.8, 4) is 6.07 Å². The molecule has 1 N–H and O–H groups in total. The fourth-order valence-electron chi connectivity index (χ4n) is 1.82. The van der Waals surface area contributed by atoms with Gasteiger partial charge in [-0.15, -0.1) is 0 Å². The van der Waals surface area contributed by atoms with Gasteiger partial charge < -0.3 is 5.32 Å². The van der Waals surface area contributed by atoms with E-state index in [1.807, 2.05) is 13.0 Å². The van der Waals surface area contributed by atoms with Gasteiger partial charge in [0.05, 0.1) is 16.6 Å². The Labute approximate surface area is 107 Å². The first-order chi connectivity index (χ1) is 8.49. The lowest BCUT2D eigenvalue weighted by atomic mass is 10.0. The molecule has 0 fully saturated rings. The summed E-state index contributed by atoms with van der Waals surface area (Å²) in [5.41, 5.74) is 0.842. The van der Waals surface area contributed by atoms with Crippen LogP contribution in [0, 0.1) is 27.4 Å². The lowest BCUT2D eigenvalue weighted by Crippen LogP contribution is -2.25. The van der Waals surface area contributed by atoms with Crippen LogP contribution in [0.1, 0.15) is 32.8 Å². The van der Waals surface area contributed by atoms with E-state index in [9.17, 15) is 10.1 Å². The van der Waals surface area contributed by atoms with E-state index < -0.39 is 4.92 Å². The summed E-state index contributed by atoms with van der Waals surface area (Å²) in [7, 11) is 0. The van der Waals surface area contributed by atoms with Crippen LogP contribution >= 0.6 is 0 Å². The molecule has 0 aliphatic carbocycles. The van der Waals surface area contributed by atoms with Crippen LogP contribution in [0.3, 0.4) is 0 Å². The molecule has 1 aromatic rings. The second kappa shape index (κ2) is 6.01. The average molecular weight is 247 g/mol. The van der Waals surface area contributed by atoms with E-state index in [1.165, 1.54) is 18.2 Å². The van der Waals surface area contributed by atoms with Gasteiger partial charge in [-0.3, -0.25) is 10.1 Å². The van der Waals surface area contributed by atoms with Crippen LogP contribution in [-0.4, -0.2) is 11.0 Å². The minimum atomic E-state index is -0.434. The van der Waals surface area contributed by atoms with Gasteiger partial charge in [-0.25, -0.2) is 0 Å². The molecule has 0 aliphatic rings. The minimum absolute atomic E-state index is 0.00750. The van der Waals surface area contributed by atoms with Gasteiger partial charge in [0.1, 0.15) is 5.69 Å². The molecule has 1 atom stereocenters. The monoisotopic (exact) mass is 247 g/mol. The number of nitro benzene ring substituents is 1. The Morgan fingerprint density at radius 1 is 1.50 bits per heavy atom. The predicted octanol–water partition coefficient (Wildman–Crippen LogP) is 3.31. The molecule has 5 nitrogen and oxygen atoms in total. The molecule has 1 unspecified atom stereocenters. The summed E-state index contributed by atoms with van der Waals surface area (Å²) in [6.07, 6.45) is 0.867. The SMILES string of the molecule is CCC(Nc1cc(C#N)ccc1[N+](=O)[O-])C(C)C. The van der Waals surface area contributed by atoms with Crippen LogP contribution in [0.25, 0.3) is 0 Å². The molecular weight excluding hydrogens is 230 g/mol. The third-order valence-electron chi connectivity index (χ3n) is 2.91. The number of rotatable bonds is 5. The number of nitro groups is 1. The van der Waals surface area contributed by atoms with Crippen molar-refractivity contribution in [2.24, 2.45) is 5.92 Å². The van der Waals surface area contributed by atoms with E-state index in [0.717, 1.165) is 6.42 Å². The number of anilines is 1. The molecule has 0 aliphatic heterocycles. The van der Waals surface area contributed by atoms with E-state index in [-0.39, 0.29) is 11.7 Å². The van der Waals surface area contributed by atoms with Crippen molar-refractivity contribution < 1.29 is 4.92 Å². The molecule has 0 saturated carbocycles. The van der Waals surface area contributed by atoms with Crippen molar-refractivity contribution in [2.75, 3.05) is 5.32 Å². The van der Waals surface area contributed by atoms with Crippen LogP contribution < -0.4 is 5.32 Å². The summed E-state index contributed by atoms with van der Waals surface area (Å²) in [5.74, 6) is 0.361. The molecule has 0 aromatic heterocycles. The predicted molar refractivity (Wildman–Crippen MR) is 70.4 cm³/mol. The smallest absolute Gasteiger partial charge is 0.292 e. The summed E-state index contributed by atoms with van der Waals surface area (Å²) in [6.45, 7) is 6.14. The van der Waals surface area contributed by atoms with E-state index in [2.05, 4.69) is 19.2 Å². The molecule has 5 heteroatoms. The standard InChI is InChI=1S/C13H17N3O2/c1-4-11(9(2)3)15-12-7-10(8-14)5-6-13(12)16(17)18/h5-7,9,11,15H,4H2,1-3H3. The van der Waals surface area contributed by atoms with Crippen molar-refractivity contribution in [3.05, 3.63) is 33.9 Å². The number of nitrogens with zero attached hydrogens (tertiary/aromatic N) is 2. The molecule has 0 radical (unpaired) electrons. The number of nitriles is 1. The summed E-state index contributed by atoms with van der Waals surface area (Å²) in [4.78, 5) is 10.5. The largest absolute Gasteiger partial charge is 0.376 e. The Morgan fingerprint density at radius 3 is 2.61 bits per heavy atom. The second-order valence-electron chi connectivity index (χ2n) is 4.50. The Kier molecular flexibility index (Phi) is 4.67. The molecular formula is C13H17N3O2. The Hall–Kier alpha value is -2.09. The number of hydrogen-bond acceptors (Lipinski definition) is 4. The Balaban J connectivity index is 3.12. The van der Waals surface area contributed by atoms with Gasteiger partial charge in [0.25, 0.3) is 5.69 Å². The first-order valence-corrected chi connectivity index (χ1v) is 5.94. The quantitative estimate of drug-likeness (QED) is 0.639. The minimum Gasteiger partial charge on any atom is -0.376 e. The van der Waals surface area contributed by atoms with E-state index in [0.29, 0.717) is 17.2 Å². The third kappa shape index (κ3) is 3.20. The van der Waals surface area contributed by atoms with Gasteiger partial charge >= 0.3 is 0 Å². The molecule has 18 heavy (non-hydrogen) atoms. The van der Waals surface area contributed by atoms with Crippen molar-refractivity contribution >= 4 is 11.4 Å². The first kappa shape index (κ1) is 14.0. The van der Waals surface area contributed by atoms with Crippen molar-refractivity contribution in [1.29, 1.82) is 5.26 Å². The summed E-state index contributed by atoms with van der Waals surface area (Å²) < 4.78 is 0. The van der Waals surface area contributed by atoms with Gasteiger partial charge in [-0.1, -0.05) is 20.8 Å². The van der Waals surface area contributed by atoms with Gasteiger partial charge in [-0.05, 0) is 24.5 Å². The second-order valence-corrected chi connectivity index (χ2v) is 4.50. The molecule has 0 spiro atoms. The number of nitrogens with one attached hydrogen (secondary N) is 1. The van der Waals surface area contributed by atoms with Crippen LogP contribution in [0.15, 0.2) is 18.2 Å². The zero-order chi connectivity index (χ0) is 13.7. The van der Waals surface area contributed by atoms with Gasteiger partial charge in [0.2, 0.25) is 0 Å². The summed E-state index contributed by atoms with van der Waals surface area (Å²) >= 11 is 0. The maximum Gasteiger partial charge on any atom is 0.292 e. The zero-order valence-electron chi connectivity index (χ0n) is 10.8. The molecule has 96 valence electrons. The molecule has 0 bridgehead atoms. The van der Waals surface area contributed by atoms with Gasteiger partial charge in [0, 0.05) is 12.1 Å². The Bertz CT molecular complexity index is 478. The molecule has 0 amide bonds. The van der Waals surface area contributed by atoms with Crippen LogP contribution in [0.4, 0.5) is 11.4 Å². The van der Waals surface area contributed by atoms with Crippen LogP contribution in [0.2, 0.25) is 0 Å². The zero-order valence-corrected chi connectivity index (χ0v) is 10.8. The third-order valence-corrected chi connectivity index (χ3v) is 2.91. The molecule has 0 saturated heterocycles. The van der Waals surface area contributed by atoms with Crippen molar-refractivity contribution in [2.45, 2.75) is 33.2 Å². The number of hydrogen-bond donors (Lipinski definition) is 1. The average Bonchev–Trinajstić information content (AvgIpc) is 2.34. The fourth-order valence-corrected chi connectivity index (χ4v) is 1.82. The lowest BCUT2D eigenvalue weighted by Gasteiger charge is -2.21. The van der Waals surface area contributed by atoms with E-state index in [1.54, 1.807) is 0 Å². The molecule has 1 aromatic carbocycles. The van der Waals surface area contributed by atoms with E-state index in [4.69, 9.17) is 5.26 Å². The summed E-state index contributed by atoms with van der Waals surface area (Å²) in [6, 6.07) is 6.50. The number of benzene rings is 1. The van der Waals surface area contributed by atoms with Crippen LogP contribution in [-0.2, 0) is 0 Å². The van der Waals surface area contributed by atoms with Crippen LogP contribution in [0.5, 0.6) is 0 Å². The Morgan fingerprint density at radius 2 is 2.17 bits per heavy atom. The van der Waals surface area contributed by atoms with E-state index >= 15 is 0 Å². The van der Waals surface area contributed by atoms with Crippen molar-refractivity contribution in [1.82, 2.24) is 0 Å². The van der Waals surface area contributed by atoms with Gasteiger partial charge in [0.15, 0.2) is 0 Å². The summed E-state index contributed by atoms with van der Waals surface area (Å²) in [5, 5.41) is 22.9. The first-order valence-electron chi connectivity index (χ1n) is 5.94. The lowest BCUT2D eigenvalue weighted by molar-refractivity contribution is -0.384. The highest BCUT2D eigenvalue weighted by molar-refractivity contribution is 5.64. The normalized spacial score (nSPS) is 11.9. The van der Waals surface area contributed by atoms with Crippen molar-refractivity contribution in [3.63, 3.8) is 0 Å². The highest BCUT2D eigenvalue weighted by Gasteiger charge is 2.18. The topological polar surface area (TPSA) is 79.0 Å². The maximum absolute atomic E-state index is 10.9. The molecule has 1 rings (SSSR count). The highest BCUT2D eigenvalue weighted by atomic mass is 16.6.